The Morgan fingerprint density at radius 2 is 2.06 bits per heavy atom. The smallest absolute Gasteiger partial charge is 0.171 e. The molecule has 1 aliphatic rings. The van der Waals surface area contributed by atoms with Crippen LogP contribution in [0.5, 0.6) is 0 Å². The van der Waals surface area contributed by atoms with Gasteiger partial charge in [-0.15, -0.1) is 0 Å². The minimum absolute atomic E-state index is 0.173. The van der Waals surface area contributed by atoms with E-state index < -0.39 is 17.0 Å². The fraction of sp³-hybridized carbons (Fsp3) is 0.500. The topological polar surface area (TPSA) is 55.1 Å². The van der Waals surface area contributed by atoms with Crippen LogP contribution in [0.1, 0.15) is 18.5 Å². The van der Waals surface area contributed by atoms with Crippen LogP contribution in [0, 0.1) is 17.1 Å². The van der Waals surface area contributed by atoms with Crippen molar-refractivity contribution in [2.24, 2.45) is 0 Å². The number of halogens is 1. The SMILES string of the molecule is COC1(OC)CC(C#N)(c2ncccc2F)C1. The molecular weight excluding hydrogens is 223 g/mol. The average Bonchev–Trinajstić information content (AvgIpc) is 2.32. The van der Waals surface area contributed by atoms with Crippen LogP contribution in [0.25, 0.3) is 0 Å². The molecule has 0 atom stereocenters. The molecule has 17 heavy (non-hydrogen) atoms. The van der Waals surface area contributed by atoms with E-state index in [1.165, 1.54) is 32.5 Å². The maximum atomic E-state index is 13.7. The molecule has 5 heteroatoms. The molecule has 1 aromatic heterocycles. The van der Waals surface area contributed by atoms with Crippen molar-refractivity contribution in [1.82, 2.24) is 4.98 Å². The summed E-state index contributed by atoms with van der Waals surface area (Å²) in [6, 6.07) is 4.94. The van der Waals surface area contributed by atoms with E-state index in [9.17, 15) is 9.65 Å². The van der Waals surface area contributed by atoms with E-state index in [-0.39, 0.29) is 18.5 Å². The van der Waals surface area contributed by atoms with Crippen molar-refractivity contribution in [3.8, 4) is 6.07 Å². The summed E-state index contributed by atoms with van der Waals surface area (Å²) in [6.07, 6.45) is 2.06. The Morgan fingerprint density at radius 1 is 1.41 bits per heavy atom. The highest BCUT2D eigenvalue weighted by atomic mass is 19.1. The molecule has 2 rings (SSSR count). The Morgan fingerprint density at radius 3 is 2.53 bits per heavy atom. The van der Waals surface area contributed by atoms with E-state index >= 15 is 0 Å². The number of rotatable bonds is 3. The van der Waals surface area contributed by atoms with Crippen molar-refractivity contribution < 1.29 is 13.9 Å². The van der Waals surface area contributed by atoms with Crippen LogP contribution in [0.15, 0.2) is 18.3 Å². The second kappa shape index (κ2) is 4.06. The fourth-order valence-electron chi connectivity index (χ4n) is 2.28. The van der Waals surface area contributed by atoms with Crippen LogP contribution < -0.4 is 0 Å². The van der Waals surface area contributed by atoms with E-state index in [1.54, 1.807) is 0 Å². The zero-order valence-electron chi connectivity index (χ0n) is 9.74. The van der Waals surface area contributed by atoms with Crippen LogP contribution in [-0.2, 0) is 14.9 Å². The molecule has 0 aliphatic heterocycles. The molecule has 1 fully saturated rings. The molecule has 1 saturated carbocycles. The molecule has 0 aromatic carbocycles. The van der Waals surface area contributed by atoms with Gasteiger partial charge >= 0.3 is 0 Å². The monoisotopic (exact) mass is 236 g/mol. The Balaban J connectivity index is 2.33. The van der Waals surface area contributed by atoms with Crippen LogP contribution in [0.2, 0.25) is 0 Å². The predicted molar refractivity (Wildman–Crippen MR) is 57.5 cm³/mol. The standard InChI is InChI=1S/C12H13FN2O2/c1-16-12(17-2)6-11(7-12,8-14)10-9(13)4-3-5-15-10/h3-5H,6-7H2,1-2H3. The number of ether oxygens (including phenoxy) is 2. The van der Waals surface area contributed by atoms with Gasteiger partial charge in [0, 0.05) is 33.3 Å². The maximum absolute atomic E-state index is 13.7. The first-order valence-electron chi connectivity index (χ1n) is 5.24. The summed E-state index contributed by atoms with van der Waals surface area (Å²) >= 11 is 0. The van der Waals surface area contributed by atoms with Crippen LogP contribution >= 0.6 is 0 Å². The maximum Gasteiger partial charge on any atom is 0.171 e. The zero-order valence-corrected chi connectivity index (χ0v) is 9.74. The zero-order chi connectivity index (χ0) is 12.5. The van der Waals surface area contributed by atoms with Gasteiger partial charge in [-0.05, 0) is 12.1 Å². The van der Waals surface area contributed by atoms with E-state index in [0.29, 0.717) is 0 Å². The van der Waals surface area contributed by atoms with Gasteiger partial charge in [-0.1, -0.05) is 0 Å². The Kier molecular flexibility index (Phi) is 2.86. The molecular formula is C12H13FN2O2. The summed E-state index contributed by atoms with van der Waals surface area (Å²) in [5, 5.41) is 9.27. The summed E-state index contributed by atoms with van der Waals surface area (Å²) in [6.45, 7) is 0. The number of pyridine rings is 1. The summed E-state index contributed by atoms with van der Waals surface area (Å²) in [7, 11) is 3.03. The van der Waals surface area contributed by atoms with E-state index in [2.05, 4.69) is 11.1 Å². The van der Waals surface area contributed by atoms with Gasteiger partial charge < -0.3 is 9.47 Å². The van der Waals surface area contributed by atoms with Gasteiger partial charge in [0.1, 0.15) is 11.2 Å². The third-order valence-electron chi connectivity index (χ3n) is 3.31. The average molecular weight is 236 g/mol. The van der Waals surface area contributed by atoms with E-state index in [0.717, 1.165) is 0 Å². The van der Waals surface area contributed by atoms with Gasteiger partial charge in [0.15, 0.2) is 5.79 Å². The quantitative estimate of drug-likeness (QED) is 0.750. The van der Waals surface area contributed by atoms with Crippen LogP contribution in [-0.4, -0.2) is 25.0 Å². The lowest BCUT2D eigenvalue weighted by Gasteiger charge is -2.49. The van der Waals surface area contributed by atoms with Gasteiger partial charge in [-0.3, -0.25) is 4.98 Å². The minimum atomic E-state index is -0.947. The van der Waals surface area contributed by atoms with Crippen molar-refractivity contribution in [2.45, 2.75) is 24.0 Å². The Bertz CT molecular complexity index is 458. The van der Waals surface area contributed by atoms with Crippen molar-refractivity contribution in [3.63, 3.8) is 0 Å². The fourth-order valence-corrected chi connectivity index (χ4v) is 2.28. The van der Waals surface area contributed by atoms with Gasteiger partial charge in [-0.2, -0.15) is 5.26 Å². The lowest BCUT2D eigenvalue weighted by Crippen LogP contribution is -2.56. The highest BCUT2D eigenvalue weighted by Gasteiger charge is 2.59. The second-order valence-electron chi connectivity index (χ2n) is 4.20. The van der Waals surface area contributed by atoms with E-state index in [1.807, 2.05) is 0 Å². The predicted octanol–water partition coefficient (Wildman–Crippen LogP) is 1.76. The summed E-state index contributed by atoms with van der Waals surface area (Å²) in [5.41, 5.74) is -0.774. The molecule has 90 valence electrons. The number of aromatic nitrogens is 1. The summed E-state index contributed by atoms with van der Waals surface area (Å²) in [5.74, 6) is -1.26. The first kappa shape index (κ1) is 12.0. The van der Waals surface area contributed by atoms with Crippen LogP contribution in [0.4, 0.5) is 4.39 Å². The van der Waals surface area contributed by atoms with Crippen molar-refractivity contribution >= 4 is 0 Å². The molecule has 0 radical (unpaired) electrons. The Labute approximate surface area is 99.0 Å². The molecule has 0 unspecified atom stereocenters. The van der Waals surface area contributed by atoms with Gasteiger partial charge in [0.2, 0.25) is 0 Å². The normalized spacial score (nSPS) is 20.4. The van der Waals surface area contributed by atoms with Crippen LogP contribution in [0.3, 0.4) is 0 Å². The first-order valence-corrected chi connectivity index (χ1v) is 5.24. The number of hydrogen-bond acceptors (Lipinski definition) is 4. The number of nitriles is 1. The van der Waals surface area contributed by atoms with Crippen molar-refractivity contribution in [1.29, 1.82) is 5.26 Å². The number of methoxy groups -OCH3 is 2. The van der Waals surface area contributed by atoms with Gasteiger partial charge in [0.05, 0.1) is 11.8 Å². The molecule has 0 N–H and O–H groups in total. The molecule has 0 saturated heterocycles. The first-order chi connectivity index (χ1) is 8.11. The molecule has 1 heterocycles. The molecule has 0 bridgehead atoms. The minimum Gasteiger partial charge on any atom is -0.353 e. The third-order valence-corrected chi connectivity index (χ3v) is 3.31. The van der Waals surface area contributed by atoms with Gasteiger partial charge in [0.25, 0.3) is 0 Å². The van der Waals surface area contributed by atoms with Crippen molar-refractivity contribution in [2.75, 3.05) is 14.2 Å². The molecule has 0 amide bonds. The molecule has 1 aromatic rings. The number of hydrogen-bond donors (Lipinski definition) is 0. The number of nitrogens with zero attached hydrogens (tertiary/aromatic N) is 2. The Hall–Kier alpha value is -1.51. The molecule has 0 spiro atoms. The van der Waals surface area contributed by atoms with Crippen molar-refractivity contribution in [3.05, 3.63) is 29.8 Å². The highest BCUT2D eigenvalue weighted by Crippen LogP contribution is 2.51. The van der Waals surface area contributed by atoms with E-state index in [4.69, 9.17) is 9.47 Å². The lowest BCUT2D eigenvalue weighted by molar-refractivity contribution is -0.270. The second-order valence-corrected chi connectivity index (χ2v) is 4.20. The third kappa shape index (κ3) is 1.70. The highest BCUT2D eigenvalue weighted by molar-refractivity contribution is 5.34. The lowest BCUT2D eigenvalue weighted by atomic mass is 9.63. The molecule has 4 nitrogen and oxygen atoms in total. The van der Waals surface area contributed by atoms with Gasteiger partial charge in [-0.25, -0.2) is 4.39 Å². The summed E-state index contributed by atoms with van der Waals surface area (Å²) < 4.78 is 24.1. The summed E-state index contributed by atoms with van der Waals surface area (Å²) in [4.78, 5) is 3.97. The molecule has 1 aliphatic carbocycles. The largest absolute Gasteiger partial charge is 0.353 e.